The maximum Gasteiger partial charge on any atom is 0.363 e. The third-order valence-electron chi connectivity index (χ3n) is 3.49. The monoisotopic (exact) mass is 493 g/mol. The van der Waals surface area contributed by atoms with E-state index in [4.69, 9.17) is 14.2 Å². The molecule has 0 unspecified atom stereocenters. The molecule has 0 amide bonds. The van der Waals surface area contributed by atoms with E-state index < -0.39 is 11.9 Å². The molecule has 3 rings (SSSR count). The summed E-state index contributed by atoms with van der Waals surface area (Å²) in [5.41, 5.74) is 1.46. The number of benzene rings is 2. The molecule has 0 spiro atoms. The molecule has 0 saturated heterocycles. The Balaban J connectivity index is 1.97. The zero-order valence-corrected chi connectivity index (χ0v) is 17.5. The van der Waals surface area contributed by atoms with E-state index in [1.165, 1.54) is 14.0 Å². The van der Waals surface area contributed by atoms with Crippen LogP contribution in [0.1, 0.15) is 18.1 Å². The molecule has 1 heterocycles. The van der Waals surface area contributed by atoms with Crippen molar-refractivity contribution in [2.45, 2.75) is 6.92 Å². The van der Waals surface area contributed by atoms with Crippen LogP contribution in [0.2, 0.25) is 0 Å². The predicted octanol–water partition coefficient (Wildman–Crippen LogP) is 4.49. The summed E-state index contributed by atoms with van der Waals surface area (Å²) in [5.74, 6) is -0.185. The summed E-state index contributed by atoms with van der Waals surface area (Å²) in [4.78, 5) is 27.7. The molecule has 27 heavy (non-hydrogen) atoms. The standard InChI is InChI=1S/C19H13Br2NO5/c1-10(23)26-17-14(21)6-11(8-16(17)25-2)7-15-19(24)27-18(22-15)12-4-3-5-13(20)9-12/h3-9H,1-2H3/b15-7-. The maximum atomic E-state index is 12.2. The number of hydrogen-bond acceptors (Lipinski definition) is 6. The van der Waals surface area contributed by atoms with E-state index in [1.54, 1.807) is 24.3 Å². The van der Waals surface area contributed by atoms with Crippen LogP contribution in [0.4, 0.5) is 0 Å². The molecular weight excluding hydrogens is 482 g/mol. The number of aliphatic imine (C=N–C) groups is 1. The predicted molar refractivity (Wildman–Crippen MR) is 107 cm³/mol. The fourth-order valence-corrected chi connectivity index (χ4v) is 3.32. The average Bonchev–Trinajstić information content (AvgIpc) is 2.97. The molecule has 0 N–H and O–H groups in total. The van der Waals surface area contributed by atoms with E-state index >= 15 is 0 Å². The zero-order chi connectivity index (χ0) is 19.6. The third-order valence-corrected chi connectivity index (χ3v) is 4.58. The van der Waals surface area contributed by atoms with Gasteiger partial charge in [0.25, 0.3) is 0 Å². The Kier molecular flexibility index (Phi) is 5.76. The van der Waals surface area contributed by atoms with E-state index in [0.717, 1.165) is 4.47 Å². The average molecular weight is 495 g/mol. The molecular formula is C19H13Br2NO5. The topological polar surface area (TPSA) is 74.2 Å². The Bertz CT molecular complexity index is 998. The number of methoxy groups -OCH3 is 1. The first kappa shape index (κ1) is 19.3. The SMILES string of the molecule is COc1cc(/C=C2\N=C(c3cccc(Br)c3)OC2=O)cc(Br)c1OC(C)=O. The molecule has 8 heteroatoms. The lowest BCUT2D eigenvalue weighted by Crippen LogP contribution is -2.05. The quantitative estimate of drug-likeness (QED) is 0.355. The van der Waals surface area contributed by atoms with E-state index in [9.17, 15) is 9.59 Å². The van der Waals surface area contributed by atoms with Crippen molar-refractivity contribution in [3.63, 3.8) is 0 Å². The molecule has 0 fully saturated rings. The Morgan fingerprint density at radius 3 is 2.67 bits per heavy atom. The Hall–Kier alpha value is -2.45. The summed E-state index contributed by atoms with van der Waals surface area (Å²) < 4.78 is 17.0. The molecule has 1 aliphatic rings. The number of hydrogen-bond donors (Lipinski definition) is 0. The van der Waals surface area contributed by atoms with E-state index in [0.29, 0.717) is 21.3 Å². The van der Waals surface area contributed by atoms with Crippen molar-refractivity contribution in [2.75, 3.05) is 7.11 Å². The molecule has 2 aromatic carbocycles. The van der Waals surface area contributed by atoms with Crippen LogP contribution in [-0.2, 0) is 14.3 Å². The number of rotatable bonds is 4. The second-order valence-electron chi connectivity index (χ2n) is 5.47. The van der Waals surface area contributed by atoms with Gasteiger partial charge in [-0.15, -0.1) is 0 Å². The summed E-state index contributed by atoms with van der Waals surface area (Å²) in [6, 6.07) is 10.6. The first-order valence-corrected chi connectivity index (χ1v) is 9.30. The first-order chi connectivity index (χ1) is 12.9. The molecule has 6 nitrogen and oxygen atoms in total. The molecule has 0 bridgehead atoms. The zero-order valence-electron chi connectivity index (χ0n) is 14.3. The van der Waals surface area contributed by atoms with Gasteiger partial charge in [-0.1, -0.05) is 22.0 Å². The van der Waals surface area contributed by atoms with Crippen LogP contribution in [0.15, 0.2) is 56.0 Å². The van der Waals surface area contributed by atoms with Crippen LogP contribution in [0.5, 0.6) is 11.5 Å². The van der Waals surface area contributed by atoms with Crippen molar-refractivity contribution in [3.05, 3.63) is 62.2 Å². The second kappa shape index (κ2) is 8.06. The number of cyclic esters (lactones) is 1. The normalized spacial score (nSPS) is 14.7. The number of nitrogens with zero attached hydrogens (tertiary/aromatic N) is 1. The highest BCUT2D eigenvalue weighted by molar-refractivity contribution is 9.10. The Morgan fingerprint density at radius 1 is 1.22 bits per heavy atom. The summed E-state index contributed by atoms with van der Waals surface area (Å²) in [6.07, 6.45) is 1.57. The number of carbonyl (C=O) groups is 2. The highest BCUT2D eigenvalue weighted by Crippen LogP contribution is 2.37. The molecule has 0 aromatic heterocycles. The van der Waals surface area contributed by atoms with Gasteiger partial charge in [0.15, 0.2) is 17.2 Å². The van der Waals surface area contributed by atoms with Crippen LogP contribution in [0.25, 0.3) is 6.08 Å². The van der Waals surface area contributed by atoms with Crippen molar-refractivity contribution in [3.8, 4) is 11.5 Å². The van der Waals surface area contributed by atoms with Crippen LogP contribution in [-0.4, -0.2) is 24.9 Å². The molecule has 0 aliphatic carbocycles. The summed E-state index contributed by atoms with van der Waals surface area (Å²) in [7, 11) is 1.46. The Labute approximate surface area is 172 Å². The van der Waals surface area contributed by atoms with E-state index in [-0.39, 0.29) is 17.3 Å². The molecule has 138 valence electrons. The number of ether oxygens (including phenoxy) is 3. The largest absolute Gasteiger partial charge is 0.493 e. The van der Waals surface area contributed by atoms with Gasteiger partial charge in [-0.2, -0.15) is 0 Å². The van der Waals surface area contributed by atoms with Gasteiger partial charge in [0.2, 0.25) is 5.90 Å². The molecule has 1 aliphatic heterocycles. The lowest BCUT2D eigenvalue weighted by atomic mass is 10.1. The van der Waals surface area contributed by atoms with Crippen molar-refractivity contribution in [1.82, 2.24) is 0 Å². The minimum Gasteiger partial charge on any atom is -0.493 e. The fraction of sp³-hybridized carbons (Fsp3) is 0.105. The van der Waals surface area contributed by atoms with Crippen LogP contribution < -0.4 is 9.47 Å². The molecule has 0 atom stereocenters. The van der Waals surface area contributed by atoms with E-state index in [1.807, 2.05) is 18.2 Å². The third kappa shape index (κ3) is 4.45. The van der Waals surface area contributed by atoms with Crippen LogP contribution in [0.3, 0.4) is 0 Å². The highest BCUT2D eigenvalue weighted by atomic mass is 79.9. The van der Waals surface area contributed by atoms with Gasteiger partial charge in [0.1, 0.15) is 0 Å². The highest BCUT2D eigenvalue weighted by Gasteiger charge is 2.24. The Morgan fingerprint density at radius 2 is 2.00 bits per heavy atom. The second-order valence-corrected chi connectivity index (χ2v) is 7.24. The molecule has 0 radical (unpaired) electrons. The van der Waals surface area contributed by atoms with Gasteiger partial charge in [0, 0.05) is 17.0 Å². The van der Waals surface area contributed by atoms with Crippen LogP contribution in [0, 0.1) is 0 Å². The van der Waals surface area contributed by atoms with Crippen LogP contribution >= 0.6 is 31.9 Å². The number of halogens is 2. The van der Waals surface area contributed by atoms with Gasteiger partial charge in [-0.05, 0) is 57.9 Å². The van der Waals surface area contributed by atoms with Gasteiger partial charge in [0.05, 0.1) is 11.6 Å². The fourth-order valence-electron chi connectivity index (χ4n) is 2.38. The van der Waals surface area contributed by atoms with Crippen molar-refractivity contribution >= 4 is 55.8 Å². The van der Waals surface area contributed by atoms with Gasteiger partial charge in [-0.25, -0.2) is 9.79 Å². The summed E-state index contributed by atoms with van der Waals surface area (Å²) >= 11 is 6.72. The summed E-state index contributed by atoms with van der Waals surface area (Å²) in [5, 5.41) is 0. The number of carbonyl (C=O) groups excluding carboxylic acids is 2. The maximum absolute atomic E-state index is 12.2. The van der Waals surface area contributed by atoms with E-state index in [2.05, 4.69) is 36.9 Å². The first-order valence-electron chi connectivity index (χ1n) is 7.72. The lowest BCUT2D eigenvalue weighted by Gasteiger charge is -2.11. The van der Waals surface area contributed by atoms with Crippen molar-refractivity contribution in [1.29, 1.82) is 0 Å². The van der Waals surface area contributed by atoms with Gasteiger partial charge >= 0.3 is 11.9 Å². The number of esters is 2. The van der Waals surface area contributed by atoms with Crippen molar-refractivity contribution in [2.24, 2.45) is 4.99 Å². The lowest BCUT2D eigenvalue weighted by molar-refractivity contribution is -0.132. The molecule has 0 saturated carbocycles. The minimum atomic E-state index is -0.552. The van der Waals surface area contributed by atoms with Crippen molar-refractivity contribution < 1.29 is 23.8 Å². The summed E-state index contributed by atoms with van der Waals surface area (Å²) in [6.45, 7) is 1.30. The van der Waals surface area contributed by atoms with Gasteiger partial charge in [-0.3, -0.25) is 4.79 Å². The van der Waals surface area contributed by atoms with Gasteiger partial charge < -0.3 is 14.2 Å². The minimum absolute atomic E-state index is 0.152. The smallest absolute Gasteiger partial charge is 0.363 e. The molecule has 2 aromatic rings.